The first-order chi connectivity index (χ1) is 13.9. The highest BCUT2D eigenvalue weighted by Crippen LogP contribution is 2.38. The summed E-state index contributed by atoms with van der Waals surface area (Å²) in [6.07, 6.45) is -2.81. The van der Waals surface area contributed by atoms with Crippen molar-refractivity contribution >= 4 is 5.91 Å². The van der Waals surface area contributed by atoms with Gasteiger partial charge in [0.15, 0.2) is 18.1 Å². The van der Waals surface area contributed by atoms with Crippen molar-refractivity contribution in [1.82, 2.24) is 4.90 Å². The molecule has 154 valence electrons. The molecule has 2 aromatic carbocycles. The minimum absolute atomic E-state index is 0.0169. The molecule has 0 spiro atoms. The molecular weight excluding hydrogens is 387 g/mol. The lowest BCUT2D eigenvalue weighted by molar-refractivity contribution is -0.137. The molecule has 1 saturated heterocycles. The highest BCUT2D eigenvalue weighted by atomic mass is 19.4. The van der Waals surface area contributed by atoms with Crippen LogP contribution in [0.2, 0.25) is 0 Å². The van der Waals surface area contributed by atoms with Crippen LogP contribution in [-0.2, 0) is 11.0 Å². The summed E-state index contributed by atoms with van der Waals surface area (Å²) in [6, 6.07) is 10.0. The normalized spacial score (nSPS) is 18.6. The number of likely N-dealkylation sites (tertiary alicyclic amines) is 1. The van der Waals surface area contributed by atoms with E-state index in [9.17, 15) is 18.0 Å². The van der Waals surface area contributed by atoms with Gasteiger partial charge in [0.1, 0.15) is 19.0 Å². The van der Waals surface area contributed by atoms with Gasteiger partial charge < -0.3 is 19.1 Å². The first-order valence-corrected chi connectivity index (χ1v) is 9.41. The average Bonchev–Trinajstić information content (AvgIpc) is 3.21. The SMILES string of the molecule is O=C(COc1cccc(C(F)(F)F)c1)N1CCCC1c1ccc2c(c1)OCCO2. The minimum atomic E-state index is -4.46. The first kappa shape index (κ1) is 19.4. The summed E-state index contributed by atoms with van der Waals surface area (Å²) in [4.78, 5) is 14.4. The number of rotatable bonds is 4. The van der Waals surface area contributed by atoms with E-state index < -0.39 is 11.7 Å². The van der Waals surface area contributed by atoms with E-state index in [0.717, 1.165) is 30.5 Å². The van der Waals surface area contributed by atoms with Crippen molar-refractivity contribution in [3.8, 4) is 17.2 Å². The van der Waals surface area contributed by atoms with Crippen molar-refractivity contribution in [3.63, 3.8) is 0 Å². The third-order valence-corrected chi connectivity index (χ3v) is 5.05. The molecule has 0 aliphatic carbocycles. The molecule has 0 saturated carbocycles. The van der Waals surface area contributed by atoms with E-state index in [2.05, 4.69) is 0 Å². The summed E-state index contributed by atoms with van der Waals surface area (Å²) >= 11 is 0. The molecule has 1 amide bonds. The zero-order valence-corrected chi connectivity index (χ0v) is 15.6. The Bertz CT molecular complexity index is 900. The van der Waals surface area contributed by atoms with Crippen LogP contribution in [0.25, 0.3) is 0 Å². The van der Waals surface area contributed by atoms with Crippen molar-refractivity contribution in [2.24, 2.45) is 0 Å². The number of amides is 1. The monoisotopic (exact) mass is 407 g/mol. The van der Waals surface area contributed by atoms with Crippen molar-refractivity contribution < 1.29 is 32.2 Å². The Morgan fingerprint density at radius 2 is 1.90 bits per heavy atom. The van der Waals surface area contributed by atoms with Gasteiger partial charge in [-0.05, 0) is 48.7 Å². The molecule has 2 heterocycles. The van der Waals surface area contributed by atoms with Gasteiger partial charge in [0, 0.05) is 6.54 Å². The highest BCUT2D eigenvalue weighted by molar-refractivity contribution is 5.78. The van der Waals surface area contributed by atoms with Gasteiger partial charge in [0.05, 0.1) is 11.6 Å². The first-order valence-electron chi connectivity index (χ1n) is 9.41. The third kappa shape index (κ3) is 4.26. The summed E-state index contributed by atoms with van der Waals surface area (Å²) in [6.45, 7) is 1.24. The average molecular weight is 407 g/mol. The zero-order chi connectivity index (χ0) is 20.4. The van der Waals surface area contributed by atoms with E-state index >= 15 is 0 Å². The molecule has 0 bridgehead atoms. The fourth-order valence-corrected chi connectivity index (χ4v) is 3.67. The fourth-order valence-electron chi connectivity index (χ4n) is 3.67. The molecule has 0 N–H and O–H groups in total. The number of hydrogen-bond acceptors (Lipinski definition) is 4. The predicted octanol–water partition coefficient (Wildman–Crippen LogP) is 4.22. The van der Waals surface area contributed by atoms with E-state index in [4.69, 9.17) is 14.2 Å². The van der Waals surface area contributed by atoms with Crippen LogP contribution in [0, 0.1) is 0 Å². The number of nitrogens with zero attached hydrogens (tertiary/aromatic N) is 1. The number of halogens is 3. The van der Waals surface area contributed by atoms with Gasteiger partial charge in [-0.25, -0.2) is 0 Å². The molecule has 2 aliphatic heterocycles. The molecule has 2 aromatic rings. The van der Waals surface area contributed by atoms with Gasteiger partial charge in [-0.2, -0.15) is 13.2 Å². The molecule has 8 heteroatoms. The Labute approximate surface area is 166 Å². The molecule has 1 unspecified atom stereocenters. The highest BCUT2D eigenvalue weighted by Gasteiger charge is 2.32. The van der Waals surface area contributed by atoms with E-state index in [1.807, 2.05) is 18.2 Å². The topological polar surface area (TPSA) is 48.0 Å². The Kier molecular flexibility index (Phi) is 5.25. The minimum Gasteiger partial charge on any atom is -0.486 e. The second kappa shape index (κ2) is 7.85. The summed E-state index contributed by atoms with van der Waals surface area (Å²) in [5.74, 6) is 1.10. The van der Waals surface area contributed by atoms with Gasteiger partial charge in [-0.3, -0.25) is 4.79 Å². The number of alkyl halides is 3. The lowest BCUT2D eigenvalue weighted by Crippen LogP contribution is -2.34. The summed E-state index contributed by atoms with van der Waals surface area (Å²) < 4.78 is 55.0. The van der Waals surface area contributed by atoms with Crippen molar-refractivity contribution in [2.45, 2.75) is 25.1 Å². The van der Waals surface area contributed by atoms with Crippen LogP contribution in [0.15, 0.2) is 42.5 Å². The maximum atomic E-state index is 12.8. The summed E-state index contributed by atoms with van der Waals surface area (Å²) in [5, 5.41) is 0. The van der Waals surface area contributed by atoms with Gasteiger partial charge >= 0.3 is 6.18 Å². The molecule has 29 heavy (non-hydrogen) atoms. The van der Waals surface area contributed by atoms with E-state index in [1.54, 1.807) is 4.90 Å². The van der Waals surface area contributed by atoms with Crippen LogP contribution in [0.1, 0.15) is 30.0 Å². The standard InChI is InChI=1S/C21H20F3NO4/c22-21(23,24)15-3-1-4-16(12-15)29-13-20(26)25-8-2-5-17(25)14-6-7-18-19(11-14)28-10-9-27-18/h1,3-4,6-7,11-12,17H,2,5,8-10,13H2. The maximum absolute atomic E-state index is 12.8. The number of benzene rings is 2. The second-order valence-electron chi connectivity index (χ2n) is 6.96. The molecule has 1 fully saturated rings. The lowest BCUT2D eigenvalue weighted by Gasteiger charge is -2.26. The second-order valence-corrected chi connectivity index (χ2v) is 6.96. The quantitative estimate of drug-likeness (QED) is 0.762. The van der Waals surface area contributed by atoms with Gasteiger partial charge in [-0.15, -0.1) is 0 Å². The van der Waals surface area contributed by atoms with Crippen LogP contribution in [0.5, 0.6) is 17.2 Å². The number of fused-ring (bicyclic) bond motifs is 1. The molecule has 4 rings (SSSR count). The third-order valence-electron chi connectivity index (χ3n) is 5.05. The van der Waals surface area contributed by atoms with Gasteiger partial charge in [0.2, 0.25) is 0 Å². The number of hydrogen-bond donors (Lipinski definition) is 0. The Hall–Kier alpha value is -2.90. The smallest absolute Gasteiger partial charge is 0.416 e. The van der Waals surface area contributed by atoms with Crippen LogP contribution in [0.3, 0.4) is 0 Å². The van der Waals surface area contributed by atoms with Crippen molar-refractivity contribution in [3.05, 3.63) is 53.6 Å². The molecular formula is C21H20F3NO4. The van der Waals surface area contributed by atoms with Crippen molar-refractivity contribution in [2.75, 3.05) is 26.4 Å². The number of carbonyl (C=O) groups is 1. The zero-order valence-electron chi connectivity index (χ0n) is 15.6. The molecule has 5 nitrogen and oxygen atoms in total. The predicted molar refractivity (Wildman–Crippen MR) is 98.1 cm³/mol. The summed E-state index contributed by atoms with van der Waals surface area (Å²) in [7, 11) is 0. The van der Waals surface area contributed by atoms with Crippen LogP contribution >= 0.6 is 0 Å². The lowest BCUT2D eigenvalue weighted by atomic mass is 10.0. The van der Waals surface area contributed by atoms with Crippen molar-refractivity contribution in [1.29, 1.82) is 0 Å². The van der Waals surface area contributed by atoms with Crippen LogP contribution < -0.4 is 14.2 Å². The van der Waals surface area contributed by atoms with Gasteiger partial charge in [0.25, 0.3) is 5.91 Å². The van der Waals surface area contributed by atoms with Crippen LogP contribution in [0.4, 0.5) is 13.2 Å². The number of carbonyl (C=O) groups excluding carboxylic acids is 1. The molecule has 1 atom stereocenters. The summed E-state index contributed by atoms with van der Waals surface area (Å²) in [5.41, 5.74) is 0.136. The van der Waals surface area contributed by atoms with E-state index in [-0.39, 0.29) is 24.3 Å². The van der Waals surface area contributed by atoms with Crippen LogP contribution in [-0.4, -0.2) is 37.2 Å². The van der Waals surface area contributed by atoms with E-state index in [1.165, 1.54) is 12.1 Å². The Morgan fingerprint density at radius 3 is 2.69 bits per heavy atom. The Morgan fingerprint density at radius 1 is 1.10 bits per heavy atom. The van der Waals surface area contributed by atoms with Gasteiger partial charge in [-0.1, -0.05) is 12.1 Å². The number of ether oxygens (including phenoxy) is 3. The van der Waals surface area contributed by atoms with E-state index in [0.29, 0.717) is 31.3 Å². The maximum Gasteiger partial charge on any atom is 0.416 e. The molecule has 0 radical (unpaired) electrons. The fraction of sp³-hybridized carbons (Fsp3) is 0.381. The largest absolute Gasteiger partial charge is 0.486 e. The molecule has 2 aliphatic rings. The molecule has 0 aromatic heterocycles. The Balaban J connectivity index is 1.43.